The highest BCUT2D eigenvalue weighted by atomic mass is 19.4. The van der Waals surface area contributed by atoms with Crippen molar-refractivity contribution in [1.82, 2.24) is 5.43 Å². The number of hydrogen-bond donors (Lipinski definition) is 1. The minimum absolute atomic E-state index is 0.0660. The van der Waals surface area contributed by atoms with Crippen LogP contribution in [0.4, 0.5) is 13.2 Å². The van der Waals surface area contributed by atoms with Gasteiger partial charge in [0.1, 0.15) is 0 Å². The lowest BCUT2D eigenvalue weighted by Crippen LogP contribution is -2.54. The molecular weight excluding hydrogens is 309 g/mol. The normalized spacial score (nSPS) is 30.8. The zero-order chi connectivity index (χ0) is 16.7. The predicted octanol–water partition coefficient (Wildman–Crippen LogP) is 3.11. The molecule has 0 spiro atoms. The molecule has 4 nitrogen and oxygen atoms in total. The van der Waals surface area contributed by atoms with Crippen molar-refractivity contribution in [2.45, 2.75) is 37.5 Å². The molecule has 0 aromatic heterocycles. The summed E-state index contributed by atoms with van der Waals surface area (Å²) in [5, 5.41) is 4.01. The van der Waals surface area contributed by atoms with Crippen LogP contribution in [0.1, 0.15) is 18.9 Å². The van der Waals surface area contributed by atoms with Crippen molar-refractivity contribution in [3.8, 4) is 0 Å². The Balaban J connectivity index is 2.12. The first-order valence-electron chi connectivity index (χ1n) is 7.25. The van der Waals surface area contributed by atoms with E-state index in [-0.39, 0.29) is 11.7 Å². The van der Waals surface area contributed by atoms with E-state index < -0.39 is 18.0 Å². The summed E-state index contributed by atoms with van der Waals surface area (Å²) >= 11 is 0. The molecule has 7 heteroatoms. The maximum absolute atomic E-state index is 13.9. The van der Waals surface area contributed by atoms with Crippen LogP contribution in [0.3, 0.4) is 0 Å². The van der Waals surface area contributed by atoms with Gasteiger partial charge in [0.15, 0.2) is 11.8 Å². The Morgan fingerprint density at radius 3 is 2.61 bits per heavy atom. The number of alkyl halides is 3. The van der Waals surface area contributed by atoms with Crippen molar-refractivity contribution in [2.75, 3.05) is 7.11 Å². The Kier molecular flexibility index (Phi) is 3.93. The standard InChI is InChI=1S/C16H17F3N2O2/c1-10-8-13-12(14(22-2)23-10)9-15(21-20-13,16(17,18)19)11-6-4-3-5-7-11/h3-7,9-10,14,21H,8H2,1-2H3. The lowest BCUT2D eigenvalue weighted by atomic mass is 9.84. The SMILES string of the molecule is COC1OC(C)CC2=NNC(c3ccccc3)(C(F)(F)F)C=C21. The van der Waals surface area contributed by atoms with E-state index in [9.17, 15) is 13.2 Å². The third-order valence-corrected chi connectivity index (χ3v) is 4.05. The Labute approximate surface area is 132 Å². The van der Waals surface area contributed by atoms with Gasteiger partial charge in [-0.25, -0.2) is 0 Å². The maximum Gasteiger partial charge on any atom is 0.420 e. The minimum Gasteiger partial charge on any atom is -0.352 e. The molecule has 2 heterocycles. The van der Waals surface area contributed by atoms with Crippen LogP contribution in [-0.2, 0) is 15.0 Å². The fraction of sp³-hybridized carbons (Fsp3) is 0.438. The van der Waals surface area contributed by atoms with E-state index in [1.165, 1.54) is 19.2 Å². The Morgan fingerprint density at radius 1 is 1.30 bits per heavy atom. The van der Waals surface area contributed by atoms with E-state index in [1.807, 2.05) is 6.92 Å². The van der Waals surface area contributed by atoms with Gasteiger partial charge in [-0.1, -0.05) is 30.3 Å². The van der Waals surface area contributed by atoms with Crippen LogP contribution in [0.25, 0.3) is 0 Å². The number of rotatable bonds is 2. The zero-order valence-corrected chi connectivity index (χ0v) is 12.7. The first-order valence-corrected chi connectivity index (χ1v) is 7.25. The lowest BCUT2D eigenvalue weighted by molar-refractivity contribution is -0.187. The molecule has 2 aliphatic heterocycles. The number of nitrogens with zero attached hydrogens (tertiary/aromatic N) is 1. The number of hydrogen-bond acceptors (Lipinski definition) is 4. The van der Waals surface area contributed by atoms with E-state index in [4.69, 9.17) is 9.47 Å². The van der Waals surface area contributed by atoms with Crippen LogP contribution in [0.15, 0.2) is 47.1 Å². The smallest absolute Gasteiger partial charge is 0.352 e. The van der Waals surface area contributed by atoms with Crippen molar-refractivity contribution in [2.24, 2.45) is 5.10 Å². The van der Waals surface area contributed by atoms with Crippen LogP contribution >= 0.6 is 0 Å². The van der Waals surface area contributed by atoms with Gasteiger partial charge in [-0.2, -0.15) is 18.3 Å². The van der Waals surface area contributed by atoms with Gasteiger partial charge in [0.2, 0.25) is 0 Å². The van der Waals surface area contributed by atoms with Crippen LogP contribution in [0.2, 0.25) is 0 Å². The number of nitrogens with one attached hydrogen (secondary N) is 1. The Bertz CT molecular complexity index is 642. The predicted molar refractivity (Wildman–Crippen MR) is 78.8 cm³/mol. The molecule has 0 radical (unpaired) electrons. The molecule has 0 saturated carbocycles. The lowest BCUT2D eigenvalue weighted by Gasteiger charge is -2.40. The topological polar surface area (TPSA) is 42.9 Å². The second-order valence-electron chi connectivity index (χ2n) is 5.66. The van der Waals surface area contributed by atoms with Crippen molar-refractivity contribution >= 4 is 5.71 Å². The summed E-state index contributed by atoms with van der Waals surface area (Å²) in [5.74, 6) is 0. The summed E-state index contributed by atoms with van der Waals surface area (Å²) in [7, 11) is 1.40. The van der Waals surface area contributed by atoms with Gasteiger partial charge in [-0.05, 0) is 18.6 Å². The first kappa shape index (κ1) is 16.0. The average molecular weight is 326 g/mol. The number of methoxy groups -OCH3 is 1. The zero-order valence-electron chi connectivity index (χ0n) is 12.7. The Hall–Kier alpha value is -1.86. The molecule has 0 amide bonds. The second kappa shape index (κ2) is 5.65. The monoisotopic (exact) mass is 326 g/mol. The number of ether oxygens (including phenoxy) is 2. The van der Waals surface area contributed by atoms with Crippen LogP contribution in [0.5, 0.6) is 0 Å². The molecule has 2 aliphatic rings. The van der Waals surface area contributed by atoms with Crippen LogP contribution < -0.4 is 5.43 Å². The number of fused-ring (bicyclic) bond motifs is 1. The summed E-state index contributed by atoms with van der Waals surface area (Å²) < 4.78 is 52.5. The average Bonchev–Trinajstić information content (AvgIpc) is 2.53. The third-order valence-electron chi connectivity index (χ3n) is 4.05. The van der Waals surface area contributed by atoms with Gasteiger partial charge >= 0.3 is 6.18 Å². The molecule has 1 saturated heterocycles. The fourth-order valence-electron chi connectivity index (χ4n) is 2.88. The van der Waals surface area contributed by atoms with Crippen LogP contribution in [-0.4, -0.2) is 31.4 Å². The summed E-state index contributed by atoms with van der Waals surface area (Å²) in [6.45, 7) is 1.83. The minimum atomic E-state index is -4.57. The van der Waals surface area contributed by atoms with E-state index >= 15 is 0 Å². The highest BCUT2D eigenvalue weighted by molar-refractivity contribution is 6.02. The molecule has 23 heavy (non-hydrogen) atoms. The number of halogens is 3. The number of hydrazone groups is 1. The molecule has 0 aliphatic carbocycles. The van der Waals surface area contributed by atoms with Crippen LogP contribution in [0, 0.1) is 0 Å². The van der Waals surface area contributed by atoms with Gasteiger partial charge in [-0.3, -0.25) is 5.43 Å². The molecule has 1 N–H and O–H groups in total. The highest BCUT2D eigenvalue weighted by Crippen LogP contribution is 2.44. The molecule has 3 unspecified atom stereocenters. The third kappa shape index (κ3) is 2.64. The molecule has 124 valence electrons. The van der Waals surface area contributed by atoms with Crippen molar-refractivity contribution < 1.29 is 22.6 Å². The van der Waals surface area contributed by atoms with E-state index in [0.29, 0.717) is 17.7 Å². The quantitative estimate of drug-likeness (QED) is 0.908. The van der Waals surface area contributed by atoms with Gasteiger partial charge in [0, 0.05) is 19.1 Å². The molecule has 1 fully saturated rings. The highest BCUT2D eigenvalue weighted by Gasteiger charge is 2.57. The van der Waals surface area contributed by atoms with Crippen molar-refractivity contribution in [1.29, 1.82) is 0 Å². The van der Waals surface area contributed by atoms with Gasteiger partial charge in [0.05, 0.1) is 11.8 Å². The van der Waals surface area contributed by atoms with E-state index in [0.717, 1.165) is 6.08 Å². The second-order valence-corrected chi connectivity index (χ2v) is 5.66. The summed E-state index contributed by atoms with van der Waals surface area (Å²) in [6, 6.07) is 7.64. The largest absolute Gasteiger partial charge is 0.420 e. The molecule has 1 aromatic rings. The summed E-state index contributed by atoms with van der Waals surface area (Å²) in [5.41, 5.74) is 0.858. The maximum atomic E-state index is 13.9. The van der Waals surface area contributed by atoms with Crippen molar-refractivity contribution in [3.05, 3.63) is 47.5 Å². The molecular formula is C16H17F3N2O2. The van der Waals surface area contributed by atoms with Gasteiger partial charge in [-0.15, -0.1) is 0 Å². The molecule has 3 atom stereocenters. The van der Waals surface area contributed by atoms with Crippen molar-refractivity contribution in [3.63, 3.8) is 0 Å². The molecule has 1 aromatic carbocycles. The Morgan fingerprint density at radius 2 is 2.00 bits per heavy atom. The molecule has 0 bridgehead atoms. The molecule has 3 rings (SSSR count). The summed E-state index contributed by atoms with van der Waals surface area (Å²) in [4.78, 5) is 0. The van der Waals surface area contributed by atoms with E-state index in [1.54, 1.807) is 18.2 Å². The van der Waals surface area contributed by atoms with Gasteiger partial charge < -0.3 is 9.47 Å². The first-order chi connectivity index (χ1) is 10.9. The number of benzene rings is 1. The van der Waals surface area contributed by atoms with Gasteiger partial charge in [0.25, 0.3) is 0 Å². The van der Waals surface area contributed by atoms with E-state index in [2.05, 4.69) is 10.5 Å². The fourth-order valence-corrected chi connectivity index (χ4v) is 2.88. The summed E-state index contributed by atoms with van der Waals surface area (Å²) in [6.07, 6.45) is -4.04.